The molecule has 0 aromatic heterocycles. The average Bonchev–Trinajstić information content (AvgIpc) is 3.00. The van der Waals surface area contributed by atoms with Gasteiger partial charge in [-0.1, -0.05) is 44.2 Å². The fourth-order valence-electron chi connectivity index (χ4n) is 4.52. The lowest BCUT2D eigenvalue weighted by molar-refractivity contribution is -0.153. The van der Waals surface area contributed by atoms with Gasteiger partial charge in [0.05, 0.1) is 5.92 Å². The predicted molar refractivity (Wildman–Crippen MR) is 106 cm³/mol. The van der Waals surface area contributed by atoms with E-state index in [1.54, 1.807) is 0 Å². The molecule has 0 N–H and O–H groups in total. The highest BCUT2D eigenvalue weighted by molar-refractivity contribution is 5.83. The van der Waals surface area contributed by atoms with Gasteiger partial charge in [0.25, 0.3) is 0 Å². The third-order valence-corrected chi connectivity index (χ3v) is 6.01. The lowest BCUT2D eigenvalue weighted by atomic mass is 9.84. The van der Waals surface area contributed by atoms with Crippen molar-refractivity contribution in [2.75, 3.05) is 13.1 Å². The number of benzene rings is 1. The molecule has 148 valence electrons. The molecule has 1 amide bonds. The summed E-state index contributed by atoms with van der Waals surface area (Å²) < 4.78 is 5.55. The molecule has 2 heterocycles. The number of amides is 1. The minimum atomic E-state index is -0.345. The second-order valence-corrected chi connectivity index (χ2v) is 8.81. The first-order valence-electron chi connectivity index (χ1n) is 10.5. The van der Waals surface area contributed by atoms with E-state index in [-0.39, 0.29) is 30.8 Å². The maximum atomic E-state index is 13.0. The van der Waals surface area contributed by atoms with Crippen LogP contribution >= 0.6 is 0 Å². The van der Waals surface area contributed by atoms with Crippen molar-refractivity contribution in [2.24, 2.45) is 23.7 Å². The number of hydrogen-bond acceptors (Lipinski definition) is 3. The zero-order chi connectivity index (χ0) is 19.2. The van der Waals surface area contributed by atoms with Crippen LogP contribution in [0.5, 0.6) is 0 Å². The number of nitrogens with zero attached hydrogens (tertiary/aromatic N) is 1. The summed E-state index contributed by atoms with van der Waals surface area (Å²) in [6.07, 6.45) is 5.99. The quantitative estimate of drug-likeness (QED) is 0.666. The molecule has 0 radical (unpaired) electrons. The highest BCUT2D eigenvalue weighted by Crippen LogP contribution is 2.34. The van der Waals surface area contributed by atoms with Gasteiger partial charge in [-0.25, -0.2) is 0 Å². The predicted octanol–water partition coefficient (Wildman–Crippen LogP) is 4.43. The monoisotopic (exact) mass is 371 g/mol. The first kappa shape index (κ1) is 19.9. The van der Waals surface area contributed by atoms with E-state index in [4.69, 9.17) is 4.74 Å². The molecule has 4 heteroatoms. The summed E-state index contributed by atoms with van der Waals surface area (Å²) in [7, 11) is 0. The normalized spacial score (nSPS) is 23.1. The third-order valence-electron chi connectivity index (χ3n) is 6.01. The third kappa shape index (κ3) is 5.82. The molecule has 3 aliphatic rings. The molecule has 1 aliphatic carbocycles. The standard InChI is InChI=1S/C23H33NO3/c1-17(2)12-21(23(26)27-16-20-6-4-3-5-7-20)13-22(25)24-14-18-8-9-19(15-24)11-10-18/h3-7,17-19,21H,8-16H2,1-2H3/t18?,19?,21-/m1/s1. The summed E-state index contributed by atoms with van der Waals surface area (Å²) >= 11 is 0. The van der Waals surface area contributed by atoms with E-state index in [0.717, 1.165) is 18.7 Å². The van der Waals surface area contributed by atoms with E-state index in [2.05, 4.69) is 13.8 Å². The van der Waals surface area contributed by atoms with Crippen LogP contribution in [-0.2, 0) is 20.9 Å². The fraction of sp³-hybridized carbons (Fsp3) is 0.652. The number of carbonyl (C=O) groups is 2. The number of esters is 1. The Morgan fingerprint density at radius 1 is 1.04 bits per heavy atom. The molecule has 27 heavy (non-hydrogen) atoms. The molecule has 0 unspecified atom stereocenters. The minimum Gasteiger partial charge on any atom is -0.461 e. The van der Waals surface area contributed by atoms with E-state index in [0.29, 0.717) is 24.2 Å². The van der Waals surface area contributed by atoms with Crippen LogP contribution in [-0.4, -0.2) is 29.9 Å². The van der Waals surface area contributed by atoms with Gasteiger partial charge >= 0.3 is 5.97 Å². The van der Waals surface area contributed by atoms with Gasteiger partial charge in [-0.3, -0.25) is 9.59 Å². The number of hydrogen-bond donors (Lipinski definition) is 0. The van der Waals surface area contributed by atoms with Crippen molar-refractivity contribution in [3.8, 4) is 0 Å². The Balaban J connectivity index is 1.58. The molecular weight excluding hydrogens is 338 g/mol. The highest BCUT2D eigenvalue weighted by atomic mass is 16.5. The molecule has 1 aromatic carbocycles. The van der Waals surface area contributed by atoms with E-state index in [1.165, 1.54) is 25.7 Å². The minimum absolute atomic E-state index is 0.135. The fourth-order valence-corrected chi connectivity index (χ4v) is 4.52. The van der Waals surface area contributed by atoms with Crippen molar-refractivity contribution in [3.63, 3.8) is 0 Å². The Morgan fingerprint density at radius 2 is 1.63 bits per heavy atom. The summed E-state index contributed by atoms with van der Waals surface area (Å²) in [6.45, 7) is 6.21. The molecule has 3 fully saturated rings. The largest absolute Gasteiger partial charge is 0.461 e. The van der Waals surface area contributed by atoms with Crippen LogP contribution in [0.25, 0.3) is 0 Å². The Labute approximate surface area is 163 Å². The summed E-state index contributed by atoms with van der Waals surface area (Å²) in [5.74, 6) is 1.21. The van der Waals surface area contributed by atoms with Crippen LogP contribution in [0.3, 0.4) is 0 Å². The molecular formula is C23H33NO3. The molecule has 2 aliphatic heterocycles. The molecule has 4 nitrogen and oxygen atoms in total. The second kappa shape index (κ2) is 9.38. The average molecular weight is 372 g/mol. The Hall–Kier alpha value is -1.84. The second-order valence-electron chi connectivity index (χ2n) is 8.81. The van der Waals surface area contributed by atoms with Gasteiger partial charge in [0, 0.05) is 19.5 Å². The van der Waals surface area contributed by atoms with Gasteiger partial charge in [0.1, 0.15) is 6.61 Å². The number of fused-ring (bicyclic) bond motifs is 4. The van der Waals surface area contributed by atoms with Crippen LogP contribution < -0.4 is 0 Å². The van der Waals surface area contributed by atoms with Crippen LogP contribution in [0.15, 0.2) is 30.3 Å². The molecule has 4 rings (SSSR count). The smallest absolute Gasteiger partial charge is 0.309 e. The number of rotatable bonds is 7. The van der Waals surface area contributed by atoms with E-state index >= 15 is 0 Å². The van der Waals surface area contributed by atoms with Crippen molar-refractivity contribution in [2.45, 2.75) is 59.0 Å². The lowest BCUT2D eigenvalue weighted by Crippen LogP contribution is -2.37. The summed E-state index contributed by atoms with van der Waals surface area (Å²) in [6, 6.07) is 9.71. The van der Waals surface area contributed by atoms with Crippen LogP contribution in [0.1, 0.15) is 57.9 Å². The van der Waals surface area contributed by atoms with Gasteiger partial charge in [0.15, 0.2) is 0 Å². The number of ether oxygens (including phenoxy) is 1. The van der Waals surface area contributed by atoms with Crippen molar-refractivity contribution >= 4 is 11.9 Å². The lowest BCUT2D eigenvalue weighted by Gasteiger charge is -2.25. The van der Waals surface area contributed by atoms with Gasteiger partial charge in [-0.05, 0) is 55.4 Å². The Kier molecular flexibility index (Phi) is 6.92. The van der Waals surface area contributed by atoms with Crippen molar-refractivity contribution < 1.29 is 14.3 Å². The zero-order valence-corrected chi connectivity index (χ0v) is 16.7. The maximum Gasteiger partial charge on any atom is 0.309 e. The van der Waals surface area contributed by atoms with Crippen LogP contribution in [0, 0.1) is 23.7 Å². The Bertz CT molecular complexity index is 606. The topological polar surface area (TPSA) is 46.6 Å². The molecule has 2 saturated heterocycles. The highest BCUT2D eigenvalue weighted by Gasteiger charge is 2.33. The molecule has 1 aromatic rings. The van der Waals surface area contributed by atoms with Crippen LogP contribution in [0.4, 0.5) is 0 Å². The van der Waals surface area contributed by atoms with Gasteiger partial charge in [0.2, 0.25) is 5.91 Å². The number of carbonyl (C=O) groups excluding carboxylic acids is 2. The summed E-state index contributed by atoms with van der Waals surface area (Å²) in [5.41, 5.74) is 0.976. The van der Waals surface area contributed by atoms with Crippen molar-refractivity contribution in [1.82, 2.24) is 4.90 Å². The first-order chi connectivity index (χ1) is 13.0. The van der Waals surface area contributed by atoms with E-state index < -0.39 is 0 Å². The van der Waals surface area contributed by atoms with Gasteiger partial charge < -0.3 is 9.64 Å². The van der Waals surface area contributed by atoms with Crippen molar-refractivity contribution in [1.29, 1.82) is 0 Å². The first-order valence-corrected chi connectivity index (χ1v) is 10.5. The Morgan fingerprint density at radius 3 is 2.19 bits per heavy atom. The van der Waals surface area contributed by atoms with Gasteiger partial charge in [-0.15, -0.1) is 0 Å². The van der Waals surface area contributed by atoms with E-state index in [1.807, 2.05) is 35.2 Å². The van der Waals surface area contributed by atoms with Gasteiger partial charge in [-0.2, -0.15) is 0 Å². The molecule has 1 saturated carbocycles. The molecule has 2 bridgehead atoms. The zero-order valence-electron chi connectivity index (χ0n) is 16.7. The SMILES string of the molecule is CC(C)C[C@H](CC(=O)N1CC2CCC(CC2)C1)C(=O)OCc1ccccc1. The maximum absolute atomic E-state index is 13.0. The van der Waals surface area contributed by atoms with E-state index in [9.17, 15) is 9.59 Å². The van der Waals surface area contributed by atoms with Crippen LogP contribution in [0.2, 0.25) is 0 Å². The molecule has 1 atom stereocenters. The molecule has 0 spiro atoms. The summed E-state index contributed by atoms with van der Waals surface area (Å²) in [4.78, 5) is 27.7. The van der Waals surface area contributed by atoms with Crippen molar-refractivity contribution in [3.05, 3.63) is 35.9 Å². The summed E-state index contributed by atoms with van der Waals surface area (Å²) in [5, 5.41) is 0.